The van der Waals surface area contributed by atoms with E-state index in [1.165, 1.54) is 22.3 Å². The maximum atomic E-state index is 4.30. The van der Waals surface area contributed by atoms with Gasteiger partial charge in [-0.1, -0.05) is 81.6 Å². The highest BCUT2D eigenvalue weighted by molar-refractivity contribution is 5.83. The van der Waals surface area contributed by atoms with Gasteiger partial charge in [0, 0.05) is 0 Å². The van der Waals surface area contributed by atoms with Crippen LogP contribution >= 0.6 is 0 Å². The maximum Gasteiger partial charge on any atom is -0.0130 e. The standard InChI is InChI=1S/C21H24/c1-6-18-14-20(13-15(3)16(18)4)21(7-2)17(5)19-11-9-8-10-12-19/h6-16H,1,5H2,2-4H3. The summed E-state index contributed by atoms with van der Waals surface area (Å²) in [4.78, 5) is 0. The van der Waals surface area contributed by atoms with Crippen LogP contribution in [-0.4, -0.2) is 0 Å². The Balaban J connectivity index is 2.39. The molecule has 2 unspecified atom stereocenters. The van der Waals surface area contributed by atoms with Crippen LogP contribution in [0.3, 0.4) is 0 Å². The molecule has 0 bridgehead atoms. The van der Waals surface area contributed by atoms with Gasteiger partial charge in [0.25, 0.3) is 0 Å². The van der Waals surface area contributed by atoms with Gasteiger partial charge < -0.3 is 0 Å². The SMILES string of the molecule is C=CC1=CC(C(=CC)C(=C)c2ccccc2)=CC(C)C1C. The van der Waals surface area contributed by atoms with E-state index in [0.29, 0.717) is 11.8 Å². The highest BCUT2D eigenvalue weighted by Gasteiger charge is 2.20. The lowest BCUT2D eigenvalue weighted by molar-refractivity contribution is 0.530. The molecule has 108 valence electrons. The van der Waals surface area contributed by atoms with Crippen molar-refractivity contribution in [2.24, 2.45) is 11.8 Å². The highest BCUT2D eigenvalue weighted by atomic mass is 14.2. The maximum absolute atomic E-state index is 4.30. The summed E-state index contributed by atoms with van der Waals surface area (Å²) < 4.78 is 0. The molecular weight excluding hydrogens is 252 g/mol. The van der Waals surface area contributed by atoms with E-state index in [0.717, 1.165) is 5.57 Å². The van der Waals surface area contributed by atoms with Crippen molar-refractivity contribution in [3.63, 3.8) is 0 Å². The molecule has 0 fully saturated rings. The van der Waals surface area contributed by atoms with Gasteiger partial charge in [0.2, 0.25) is 0 Å². The Bertz CT molecular complexity index is 623. The zero-order valence-corrected chi connectivity index (χ0v) is 13.3. The van der Waals surface area contributed by atoms with E-state index in [4.69, 9.17) is 0 Å². The van der Waals surface area contributed by atoms with Gasteiger partial charge in [-0.15, -0.1) is 0 Å². The van der Waals surface area contributed by atoms with Gasteiger partial charge in [-0.2, -0.15) is 0 Å². The van der Waals surface area contributed by atoms with E-state index in [2.05, 4.69) is 76.4 Å². The topological polar surface area (TPSA) is 0 Å². The molecule has 0 aromatic heterocycles. The molecule has 2 atom stereocenters. The average Bonchev–Trinajstić information content (AvgIpc) is 2.52. The fourth-order valence-corrected chi connectivity index (χ4v) is 2.81. The summed E-state index contributed by atoms with van der Waals surface area (Å²) in [6.07, 6.45) is 8.73. The van der Waals surface area contributed by atoms with Crippen LogP contribution in [0.1, 0.15) is 26.3 Å². The third-order valence-electron chi connectivity index (χ3n) is 4.36. The van der Waals surface area contributed by atoms with Crippen LogP contribution in [0.15, 0.2) is 84.5 Å². The Morgan fingerprint density at radius 3 is 2.38 bits per heavy atom. The minimum Gasteiger partial charge on any atom is -0.0988 e. The molecule has 0 saturated heterocycles. The van der Waals surface area contributed by atoms with Crippen LogP contribution in [0.25, 0.3) is 5.57 Å². The van der Waals surface area contributed by atoms with E-state index in [1.807, 2.05) is 12.1 Å². The molecule has 2 rings (SSSR count). The molecule has 0 radical (unpaired) electrons. The summed E-state index contributed by atoms with van der Waals surface area (Å²) in [6.45, 7) is 14.9. The van der Waals surface area contributed by atoms with Crippen LogP contribution < -0.4 is 0 Å². The Morgan fingerprint density at radius 1 is 1.14 bits per heavy atom. The summed E-state index contributed by atoms with van der Waals surface area (Å²) in [7, 11) is 0. The molecule has 1 aliphatic rings. The smallest absolute Gasteiger partial charge is 0.0130 e. The van der Waals surface area contributed by atoms with Gasteiger partial charge in [-0.05, 0) is 46.6 Å². The van der Waals surface area contributed by atoms with E-state index < -0.39 is 0 Å². The fourth-order valence-electron chi connectivity index (χ4n) is 2.81. The van der Waals surface area contributed by atoms with E-state index >= 15 is 0 Å². The number of hydrogen-bond donors (Lipinski definition) is 0. The first kappa shape index (κ1) is 15.3. The summed E-state index contributed by atoms with van der Waals surface area (Å²) in [5, 5.41) is 0. The van der Waals surface area contributed by atoms with Gasteiger partial charge >= 0.3 is 0 Å². The minimum absolute atomic E-state index is 0.511. The zero-order chi connectivity index (χ0) is 15.4. The second kappa shape index (κ2) is 6.58. The molecule has 0 heterocycles. The monoisotopic (exact) mass is 276 g/mol. The quantitative estimate of drug-likeness (QED) is 0.594. The molecule has 0 N–H and O–H groups in total. The number of allylic oxidation sites excluding steroid dienone is 8. The molecule has 1 aromatic rings. The van der Waals surface area contributed by atoms with E-state index in [-0.39, 0.29) is 0 Å². The molecule has 1 aromatic carbocycles. The first-order valence-electron chi connectivity index (χ1n) is 7.55. The second-order valence-corrected chi connectivity index (χ2v) is 5.67. The Labute approximate surface area is 128 Å². The highest BCUT2D eigenvalue weighted by Crippen LogP contribution is 2.36. The summed E-state index contributed by atoms with van der Waals surface area (Å²) in [6, 6.07) is 10.4. The van der Waals surface area contributed by atoms with Crippen molar-refractivity contribution < 1.29 is 0 Å². The van der Waals surface area contributed by atoms with Crippen molar-refractivity contribution in [1.29, 1.82) is 0 Å². The van der Waals surface area contributed by atoms with Gasteiger partial charge in [0.05, 0.1) is 0 Å². The second-order valence-electron chi connectivity index (χ2n) is 5.67. The molecule has 1 aliphatic carbocycles. The summed E-state index contributed by atoms with van der Waals surface area (Å²) in [5.41, 5.74) is 6.02. The lowest BCUT2D eigenvalue weighted by Gasteiger charge is -2.26. The Kier molecular flexibility index (Phi) is 4.80. The Morgan fingerprint density at radius 2 is 1.81 bits per heavy atom. The third kappa shape index (κ3) is 3.16. The molecular formula is C21H24. The largest absolute Gasteiger partial charge is 0.0988 e. The van der Waals surface area contributed by atoms with Gasteiger partial charge in [-0.25, -0.2) is 0 Å². The first-order valence-corrected chi connectivity index (χ1v) is 7.55. The van der Waals surface area contributed by atoms with Crippen molar-refractivity contribution in [2.45, 2.75) is 20.8 Å². The van der Waals surface area contributed by atoms with E-state index in [1.54, 1.807) is 0 Å². The summed E-state index contributed by atoms with van der Waals surface area (Å²) >= 11 is 0. The molecule has 21 heavy (non-hydrogen) atoms. The number of hydrogen-bond acceptors (Lipinski definition) is 0. The van der Waals surface area contributed by atoms with Gasteiger partial charge in [-0.3, -0.25) is 0 Å². The van der Waals surface area contributed by atoms with Gasteiger partial charge in [0.15, 0.2) is 0 Å². The molecule has 0 nitrogen and oxygen atoms in total. The van der Waals surface area contributed by atoms with Crippen LogP contribution in [0.4, 0.5) is 0 Å². The number of benzene rings is 1. The van der Waals surface area contributed by atoms with Gasteiger partial charge in [0.1, 0.15) is 0 Å². The molecule has 0 heteroatoms. The molecule has 0 amide bonds. The fraction of sp³-hybridized carbons (Fsp3) is 0.238. The van der Waals surface area contributed by atoms with Crippen molar-refractivity contribution in [2.75, 3.05) is 0 Å². The zero-order valence-electron chi connectivity index (χ0n) is 13.3. The third-order valence-corrected chi connectivity index (χ3v) is 4.36. The van der Waals surface area contributed by atoms with Crippen molar-refractivity contribution in [3.05, 3.63) is 90.1 Å². The lowest BCUT2D eigenvalue weighted by atomic mass is 9.79. The predicted octanol–water partition coefficient (Wildman–Crippen LogP) is 5.97. The lowest BCUT2D eigenvalue weighted by Crippen LogP contribution is -2.13. The molecule has 0 spiro atoms. The van der Waals surface area contributed by atoms with Crippen LogP contribution in [0.5, 0.6) is 0 Å². The Hall–Kier alpha value is -2.08. The first-order chi connectivity index (χ1) is 10.1. The molecule has 0 aliphatic heterocycles. The van der Waals surface area contributed by atoms with Crippen LogP contribution in [-0.2, 0) is 0 Å². The number of rotatable bonds is 4. The van der Waals surface area contributed by atoms with Crippen LogP contribution in [0.2, 0.25) is 0 Å². The minimum atomic E-state index is 0.511. The van der Waals surface area contributed by atoms with Crippen molar-refractivity contribution in [3.8, 4) is 0 Å². The van der Waals surface area contributed by atoms with Crippen molar-refractivity contribution >= 4 is 5.57 Å². The predicted molar refractivity (Wildman–Crippen MR) is 93.9 cm³/mol. The van der Waals surface area contributed by atoms with Crippen LogP contribution in [0, 0.1) is 11.8 Å². The summed E-state index contributed by atoms with van der Waals surface area (Å²) in [5.74, 6) is 1.03. The normalized spacial score (nSPS) is 22.3. The van der Waals surface area contributed by atoms with Crippen molar-refractivity contribution in [1.82, 2.24) is 0 Å². The molecule has 0 saturated carbocycles. The van der Waals surface area contributed by atoms with E-state index in [9.17, 15) is 0 Å². The average molecular weight is 276 g/mol.